The zero-order valence-corrected chi connectivity index (χ0v) is 17.7. The molecule has 1 spiro atoms. The van der Waals surface area contributed by atoms with Crippen molar-refractivity contribution >= 4 is 39.8 Å². The van der Waals surface area contributed by atoms with Gasteiger partial charge in [-0.25, -0.2) is 4.90 Å². The number of anilines is 1. The molecule has 2 amide bonds. The Balaban J connectivity index is 1.44. The summed E-state index contributed by atoms with van der Waals surface area (Å²) in [5, 5.41) is 1.72. The molecule has 3 atom stereocenters. The molecule has 4 aliphatic rings. The monoisotopic (exact) mass is 436 g/mol. The topological polar surface area (TPSA) is 74.8 Å². The molecule has 6 nitrogen and oxygen atoms in total. The van der Waals surface area contributed by atoms with Crippen LogP contribution < -0.4 is 4.90 Å². The number of rotatable bonds is 1. The molecule has 3 fully saturated rings. The Kier molecular flexibility index (Phi) is 3.57. The number of fused-ring (bicyclic) bond motifs is 7. The van der Waals surface area contributed by atoms with Gasteiger partial charge in [0.25, 0.3) is 0 Å². The SMILES string of the molecule is O=C1[C@H]2[C@@H](C(=O)N1c1cccc3ccccc13)C1(C(=O)c3ccccc3C1=O)N1CCC[C@@H]21. The summed E-state index contributed by atoms with van der Waals surface area (Å²) in [4.78, 5) is 58.8. The van der Waals surface area contributed by atoms with Crippen LogP contribution in [-0.4, -0.2) is 46.4 Å². The largest absolute Gasteiger partial charge is 0.291 e. The Hall–Kier alpha value is -3.64. The zero-order valence-electron chi connectivity index (χ0n) is 17.7. The van der Waals surface area contributed by atoms with Crippen molar-refractivity contribution in [2.75, 3.05) is 11.4 Å². The van der Waals surface area contributed by atoms with Gasteiger partial charge in [0.1, 0.15) is 0 Å². The quantitative estimate of drug-likeness (QED) is 0.433. The summed E-state index contributed by atoms with van der Waals surface area (Å²) in [7, 11) is 0. The molecule has 0 bridgehead atoms. The molecule has 6 heteroatoms. The summed E-state index contributed by atoms with van der Waals surface area (Å²) >= 11 is 0. The van der Waals surface area contributed by atoms with E-state index in [4.69, 9.17) is 0 Å². The zero-order chi connectivity index (χ0) is 22.5. The molecule has 3 aromatic carbocycles. The molecule has 0 aromatic heterocycles. The normalized spacial score (nSPS) is 27.6. The first-order valence-corrected chi connectivity index (χ1v) is 11.4. The number of hydrogen-bond acceptors (Lipinski definition) is 5. The van der Waals surface area contributed by atoms with E-state index in [1.165, 1.54) is 4.90 Å². The summed E-state index contributed by atoms with van der Waals surface area (Å²) in [6, 6.07) is 19.6. The van der Waals surface area contributed by atoms with Gasteiger partial charge in [0.05, 0.1) is 17.5 Å². The molecule has 3 aliphatic heterocycles. The molecule has 3 aromatic rings. The van der Waals surface area contributed by atoms with Crippen LogP contribution in [0.15, 0.2) is 66.7 Å². The third kappa shape index (κ3) is 2.04. The minimum atomic E-state index is -1.61. The molecule has 7 rings (SSSR count). The summed E-state index contributed by atoms with van der Waals surface area (Å²) in [5.41, 5.74) is -0.371. The third-order valence-corrected chi connectivity index (χ3v) is 8.08. The van der Waals surface area contributed by atoms with E-state index in [9.17, 15) is 19.2 Å². The van der Waals surface area contributed by atoms with Gasteiger partial charge in [-0.15, -0.1) is 0 Å². The Morgan fingerprint density at radius 2 is 1.42 bits per heavy atom. The number of imide groups is 1. The number of benzene rings is 3. The van der Waals surface area contributed by atoms with Crippen LogP contribution in [0.3, 0.4) is 0 Å². The molecule has 0 unspecified atom stereocenters. The van der Waals surface area contributed by atoms with Crippen molar-refractivity contribution in [2.24, 2.45) is 11.8 Å². The van der Waals surface area contributed by atoms with Crippen molar-refractivity contribution in [2.45, 2.75) is 24.4 Å². The van der Waals surface area contributed by atoms with Crippen LogP contribution >= 0.6 is 0 Å². The van der Waals surface area contributed by atoms with Crippen molar-refractivity contribution in [3.8, 4) is 0 Å². The Morgan fingerprint density at radius 1 is 0.758 bits per heavy atom. The maximum Gasteiger partial charge on any atom is 0.240 e. The van der Waals surface area contributed by atoms with Crippen LogP contribution in [0.1, 0.15) is 33.6 Å². The fourth-order valence-corrected chi connectivity index (χ4v) is 6.88. The van der Waals surface area contributed by atoms with Crippen molar-refractivity contribution in [1.29, 1.82) is 0 Å². The third-order valence-electron chi connectivity index (χ3n) is 8.08. The summed E-state index contributed by atoms with van der Waals surface area (Å²) < 4.78 is 0. The van der Waals surface area contributed by atoms with Gasteiger partial charge < -0.3 is 0 Å². The fraction of sp³-hybridized carbons (Fsp3) is 0.259. The smallest absolute Gasteiger partial charge is 0.240 e. The lowest BCUT2D eigenvalue weighted by Crippen LogP contribution is -2.59. The number of Topliss-reactive ketones (excluding diaryl/α,β-unsaturated/α-hetero) is 2. The average molecular weight is 436 g/mol. The van der Waals surface area contributed by atoms with Crippen molar-refractivity contribution < 1.29 is 19.2 Å². The Morgan fingerprint density at radius 3 is 2.18 bits per heavy atom. The molecule has 33 heavy (non-hydrogen) atoms. The first kappa shape index (κ1) is 18.9. The second kappa shape index (κ2) is 6.23. The molecular formula is C27H20N2O4. The van der Waals surface area contributed by atoms with Gasteiger partial charge >= 0.3 is 0 Å². The molecular weight excluding hydrogens is 416 g/mol. The molecule has 0 radical (unpaired) electrons. The number of carbonyl (C=O) groups is 4. The minimum absolute atomic E-state index is 0.284. The van der Waals surface area contributed by atoms with E-state index in [0.717, 1.165) is 17.2 Å². The summed E-state index contributed by atoms with van der Waals surface area (Å²) in [6.07, 6.45) is 1.49. The van der Waals surface area contributed by atoms with E-state index >= 15 is 0 Å². The second-order valence-corrected chi connectivity index (χ2v) is 9.39. The second-order valence-electron chi connectivity index (χ2n) is 9.39. The maximum absolute atomic E-state index is 14.0. The molecule has 3 heterocycles. The first-order valence-electron chi connectivity index (χ1n) is 11.4. The van der Waals surface area contributed by atoms with E-state index in [0.29, 0.717) is 29.8 Å². The summed E-state index contributed by atoms with van der Waals surface area (Å²) in [5.74, 6) is -3.09. The van der Waals surface area contributed by atoms with Crippen molar-refractivity contribution in [3.05, 3.63) is 77.9 Å². The van der Waals surface area contributed by atoms with Gasteiger partial charge in [-0.2, -0.15) is 0 Å². The highest BCUT2D eigenvalue weighted by atomic mass is 16.2. The molecule has 0 saturated carbocycles. The van der Waals surface area contributed by atoms with Gasteiger partial charge in [-0.3, -0.25) is 24.1 Å². The van der Waals surface area contributed by atoms with E-state index in [1.807, 2.05) is 41.3 Å². The standard InChI is InChI=1S/C27H20N2O4/c30-23-17-10-3-4-11-18(17)24(31)27(23)22-21(20-13-6-14-28(20)27)25(32)29(26(22)33)19-12-5-8-15-7-1-2-9-16(15)19/h1-5,7-12,20-22H,6,13-14H2/t20-,21+,22-/m0/s1. The van der Waals surface area contributed by atoms with Crippen LogP contribution in [0.2, 0.25) is 0 Å². The summed E-state index contributed by atoms with van der Waals surface area (Å²) in [6.45, 7) is 0.540. The van der Waals surface area contributed by atoms with E-state index in [2.05, 4.69) is 0 Å². The highest BCUT2D eigenvalue weighted by Gasteiger charge is 2.76. The molecule has 162 valence electrons. The number of nitrogens with zero attached hydrogens (tertiary/aromatic N) is 2. The minimum Gasteiger partial charge on any atom is -0.291 e. The van der Waals surface area contributed by atoms with Crippen LogP contribution in [0.4, 0.5) is 5.69 Å². The van der Waals surface area contributed by atoms with Gasteiger partial charge in [0.15, 0.2) is 17.1 Å². The van der Waals surface area contributed by atoms with Gasteiger partial charge in [-0.05, 0) is 30.8 Å². The lowest BCUT2D eigenvalue weighted by Gasteiger charge is -2.35. The van der Waals surface area contributed by atoms with E-state index < -0.39 is 23.3 Å². The van der Waals surface area contributed by atoms with Crippen molar-refractivity contribution in [3.63, 3.8) is 0 Å². The highest BCUT2D eigenvalue weighted by Crippen LogP contribution is 2.57. The van der Waals surface area contributed by atoms with Gasteiger partial charge in [0, 0.05) is 22.6 Å². The van der Waals surface area contributed by atoms with Gasteiger partial charge in [-0.1, -0.05) is 60.7 Å². The maximum atomic E-state index is 14.0. The predicted molar refractivity (Wildman–Crippen MR) is 121 cm³/mol. The fourth-order valence-electron chi connectivity index (χ4n) is 6.88. The van der Waals surface area contributed by atoms with Crippen LogP contribution in [0.5, 0.6) is 0 Å². The number of hydrogen-bond donors (Lipinski definition) is 0. The molecule has 0 N–H and O–H groups in total. The Labute approximate surface area is 189 Å². The number of ketones is 2. The van der Waals surface area contributed by atoms with Gasteiger partial charge in [0.2, 0.25) is 11.8 Å². The van der Waals surface area contributed by atoms with Crippen LogP contribution in [0, 0.1) is 11.8 Å². The number of carbonyl (C=O) groups excluding carboxylic acids is 4. The first-order chi connectivity index (χ1) is 16.1. The molecule has 1 aliphatic carbocycles. The Bertz CT molecular complexity index is 1390. The predicted octanol–water partition coefficient (Wildman–Crippen LogP) is 3.24. The van der Waals surface area contributed by atoms with Crippen LogP contribution in [0.25, 0.3) is 10.8 Å². The average Bonchev–Trinajstić information content (AvgIpc) is 3.54. The highest BCUT2D eigenvalue weighted by molar-refractivity contribution is 6.38. The molecule has 3 saturated heterocycles. The van der Waals surface area contributed by atoms with E-state index in [-0.39, 0.29) is 23.5 Å². The number of amides is 2. The van der Waals surface area contributed by atoms with Crippen LogP contribution in [-0.2, 0) is 9.59 Å². The van der Waals surface area contributed by atoms with Crippen molar-refractivity contribution in [1.82, 2.24) is 4.90 Å². The van der Waals surface area contributed by atoms with E-state index in [1.54, 1.807) is 30.3 Å². The lowest BCUT2D eigenvalue weighted by atomic mass is 9.76. The lowest BCUT2D eigenvalue weighted by molar-refractivity contribution is -0.124.